The molecule has 0 spiro atoms. The maximum absolute atomic E-state index is 4.40. The van der Waals surface area contributed by atoms with E-state index in [2.05, 4.69) is 40.5 Å². The first-order valence-corrected chi connectivity index (χ1v) is 7.37. The predicted octanol–water partition coefficient (Wildman–Crippen LogP) is 3.78. The molecule has 0 aromatic carbocycles. The fourth-order valence-corrected chi connectivity index (χ4v) is 2.56. The molecule has 0 atom stereocenters. The summed E-state index contributed by atoms with van der Waals surface area (Å²) in [5, 5.41) is 9.98. The van der Waals surface area contributed by atoms with Crippen molar-refractivity contribution in [1.29, 1.82) is 0 Å². The molecule has 0 fully saturated rings. The molecule has 0 saturated heterocycles. The summed E-state index contributed by atoms with van der Waals surface area (Å²) in [6.45, 7) is 4.38. The van der Waals surface area contributed by atoms with Gasteiger partial charge in [-0.05, 0) is 29.5 Å². The Morgan fingerprint density at radius 3 is 3.06 bits per heavy atom. The van der Waals surface area contributed by atoms with Gasteiger partial charge in [-0.25, -0.2) is 4.98 Å². The van der Waals surface area contributed by atoms with E-state index in [9.17, 15) is 0 Å². The van der Waals surface area contributed by atoms with Crippen molar-refractivity contribution >= 4 is 35.3 Å². The Morgan fingerprint density at radius 1 is 1.47 bits per heavy atom. The van der Waals surface area contributed by atoms with Gasteiger partial charge in [-0.15, -0.1) is 16.4 Å². The fraction of sp³-hybridized carbons (Fsp3) is 0.333. The first-order valence-electron chi connectivity index (χ1n) is 5.51. The summed E-state index contributed by atoms with van der Waals surface area (Å²) >= 11 is 3.40. The van der Waals surface area contributed by atoms with Crippen LogP contribution in [0, 0.1) is 5.92 Å². The van der Waals surface area contributed by atoms with Gasteiger partial charge in [-0.2, -0.15) is 0 Å². The summed E-state index contributed by atoms with van der Waals surface area (Å²) in [4.78, 5) is 5.62. The summed E-state index contributed by atoms with van der Waals surface area (Å²) in [7, 11) is 0. The van der Waals surface area contributed by atoms with Gasteiger partial charge < -0.3 is 0 Å². The van der Waals surface area contributed by atoms with Gasteiger partial charge >= 0.3 is 0 Å². The van der Waals surface area contributed by atoms with Gasteiger partial charge in [0.15, 0.2) is 0 Å². The highest BCUT2D eigenvalue weighted by Crippen LogP contribution is 2.17. The normalized spacial score (nSPS) is 11.7. The Kier molecular flexibility index (Phi) is 4.39. The zero-order valence-electron chi connectivity index (χ0n) is 9.88. The van der Waals surface area contributed by atoms with Gasteiger partial charge in [-0.1, -0.05) is 31.7 Å². The van der Waals surface area contributed by atoms with E-state index >= 15 is 0 Å². The number of aromatic nitrogens is 3. The number of aromatic amines is 1. The number of thioether (sulfide) groups is 1. The van der Waals surface area contributed by atoms with Gasteiger partial charge in [0.05, 0.1) is 0 Å². The summed E-state index contributed by atoms with van der Waals surface area (Å²) in [5.74, 6) is 2.51. The van der Waals surface area contributed by atoms with E-state index in [-0.39, 0.29) is 0 Å². The van der Waals surface area contributed by atoms with Crippen LogP contribution in [0.2, 0.25) is 0 Å². The lowest BCUT2D eigenvalue weighted by Gasteiger charge is -1.98. The Morgan fingerprint density at radius 2 is 2.35 bits per heavy atom. The highest BCUT2D eigenvalue weighted by molar-refractivity contribution is 7.99. The molecule has 0 radical (unpaired) electrons. The number of rotatable bonds is 5. The first kappa shape index (κ1) is 12.4. The summed E-state index contributed by atoms with van der Waals surface area (Å²) in [6.07, 6.45) is 4.00. The largest absolute Gasteiger partial charge is 0.259 e. The second kappa shape index (κ2) is 6.02. The van der Waals surface area contributed by atoms with E-state index in [1.165, 1.54) is 4.88 Å². The molecule has 2 heterocycles. The molecule has 0 unspecified atom stereocenters. The molecule has 2 aromatic rings. The van der Waals surface area contributed by atoms with Crippen molar-refractivity contribution in [2.45, 2.75) is 19.0 Å². The Balaban J connectivity index is 1.94. The fourth-order valence-electron chi connectivity index (χ4n) is 1.19. The second-order valence-electron chi connectivity index (χ2n) is 4.06. The van der Waals surface area contributed by atoms with Crippen LogP contribution in [0.15, 0.2) is 22.7 Å². The number of nitrogens with one attached hydrogen (secondary N) is 1. The molecule has 1 N–H and O–H groups in total. The molecular formula is C12H15N3S2. The average molecular weight is 265 g/mol. The zero-order chi connectivity index (χ0) is 12.1. The van der Waals surface area contributed by atoms with Crippen molar-refractivity contribution in [2.75, 3.05) is 5.75 Å². The lowest BCUT2D eigenvalue weighted by molar-refractivity contribution is 0.748. The van der Waals surface area contributed by atoms with Gasteiger partial charge in [0, 0.05) is 10.6 Å². The van der Waals surface area contributed by atoms with Crippen LogP contribution in [0.1, 0.15) is 24.5 Å². The van der Waals surface area contributed by atoms with Crippen molar-refractivity contribution in [3.05, 3.63) is 28.2 Å². The monoisotopic (exact) mass is 265 g/mol. The summed E-state index contributed by atoms with van der Waals surface area (Å²) in [6, 6.07) is 4.11. The molecular weight excluding hydrogens is 250 g/mol. The van der Waals surface area contributed by atoms with Crippen LogP contribution >= 0.6 is 23.1 Å². The second-order valence-corrected chi connectivity index (χ2v) is 6.02. The maximum Gasteiger partial charge on any atom is 0.208 e. The van der Waals surface area contributed by atoms with Crippen molar-refractivity contribution in [3.8, 4) is 0 Å². The SMILES string of the molecule is CC(C)CSc1n[nH]c(C=Cc2cccs2)n1. The minimum Gasteiger partial charge on any atom is -0.259 e. The van der Waals surface area contributed by atoms with E-state index in [1.54, 1.807) is 23.1 Å². The first-order chi connectivity index (χ1) is 8.24. The minimum absolute atomic E-state index is 0.656. The number of thiophene rings is 1. The van der Waals surface area contributed by atoms with E-state index in [4.69, 9.17) is 0 Å². The van der Waals surface area contributed by atoms with Crippen LogP contribution in [0.25, 0.3) is 12.2 Å². The Bertz CT molecular complexity index is 472. The number of hydrogen-bond donors (Lipinski definition) is 1. The van der Waals surface area contributed by atoms with Crippen molar-refractivity contribution in [2.24, 2.45) is 5.92 Å². The molecule has 90 valence electrons. The lowest BCUT2D eigenvalue weighted by Crippen LogP contribution is -1.90. The van der Waals surface area contributed by atoms with Crippen LogP contribution in [0.4, 0.5) is 0 Å². The highest BCUT2D eigenvalue weighted by Gasteiger charge is 2.02. The topological polar surface area (TPSA) is 41.6 Å². The van der Waals surface area contributed by atoms with Gasteiger partial charge in [-0.3, -0.25) is 5.10 Å². The van der Waals surface area contributed by atoms with Crippen molar-refractivity contribution < 1.29 is 0 Å². The number of nitrogens with zero attached hydrogens (tertiary/aromatic N) is 2. The Hall–Kier alpha value is -1.07. The van der Waals surface area contributed by atoms with E-state index < -0.39 is 0 Å². The van der Waals surface area contributed by atoms with Crippen LogP contribution in [-0.2, 0) is 0 Å². The molecule has 2 rings (SSSR count). The smallest absolute Gasteiger partial charge is 0.208 e. The number of hydrogen-bond acceptors (Lipinski definition) is 4. The molecule has 3 nitrogen and oxygen atoms in total. The van der Waals surface area contributed by atoms with Crippen molar-refractivity contribution in [3.63, 3.8) is 0 Å². The van der Waals surface area contributed by atoms with Crippen molar-refractivity contribution in [1.82, 2.24) is 15.2 Å². The van der Waals surface area contributed by atoms with Crippen LogP contribution in [-0.4, -0.2) is 20.9 Å². The van der Waals surface area contributed by atoms with Gasteiger partial charge in [0.25, 0.3) is 0 Å². The molecule has 0 aliphatic heterocycles. The van der Waals surface area contributed by atoms with Crippen LogP contribution < -0.4 is 0 Å². The van der Waals surface area contributed by atoms with Crippen LogP contribution in [0.5, 0.6) is 0 Å². The maximum atomic E-state index is 4.40. The molecule has 0 aliphatic rings. The average Bonchev–Trinajstić information content (AvgIpc) is 2.95. The molecule has 0 bridgehead atoms. The predicted molar refractivity (Wildman–Crippen MR) is 75.2 cm³/mol. The standard InChI is InChI=1S/C12H15N3S2/c1-9(2)8-17-12-13-11(14-15-12)6-5-10-4-3-7-16-10/h3-7,9H,8H2,1-2H3,(H,13,14,15). The molecule has 0 saturated carbocycles. The quantitative estimate of drug-likeness (QED) is 0.836. The van der Waals surface area contributed by atoms with E-state index in [0.29, 0.717) is 5.92 Å². The molecule has 17 heavy (non-hydrogen) atoms. The van der Waals surface area contributed by atoms with Gasteiger partial charge in [0.2, 0.25) is 5.16 Å². The third kappa shape index (κ3) is 4.02. The summed E-state index contributed by atoms with van der Waals surface area (Å²) < 4.78 is 0. The molecule has 2 aromatic heterocycles. The molecule has 5 heteroatoms. The molecule has 0 aliphatic carbocycles. The lowest BCUT2D eigenvalue weighted by atomic mass is 10.3. The number of H-pyrrole nitrogens is 1. The summed E-state index contributed by atoms with van der Waals surface area (Å²) in [5.41, 5.74) is 0. The van der Waals surface area contributed by atoms with Gasteiger partial charge in [0.1, 0.15) is 5.82 Å². The molecule has 0 amide bonds. The Labute approximate surface area is 109 Å². The third-order valence-electron chi connectivity index (χ3n) is 1.98. The van der Waals surface area contributed by atoms with E-state index in [0.717, 1.165) is 16.7 Å². The van der Waals surface area contributed by atoms with E-state index in [1.807, 2.05) is 18.2 Å². The highest BCUT2D eigenvalue weighted by atomic mass is 32.2. The zero-order valence-corrected chi connectivity index (χ0v) is 11.5. The minimum atomic E-state index is 0.656. The third-order valence-corrected chi connectivity index (χ3v) is 4.09. The van der Waals surface area contributed by atoms with Crippen LogP contribution in [0.3, 0.4) is 0 Å².